The van der Waals surface area contributed by atoms with Gasteiger partial charge in [0.05, 0.1) is 5.69 Å². The van der Waals surface area contributed by atoms with Crippen LogP contribution in [-0.4, -0.2) is 38.9 Å². The Balaban J connectivity index is 1.79. The monoisotopic (exact) mass is 319 g/mol. The molecule has 1 aliphatic heterocycles. The molecule has 0 radical (unpaired) electrons. The van der Waals surface area contributed by atoms with Gasteiger partial charge in [-0.25, -0.2) is 23.6 Å². The van der Waals surface area contributed by atoms with Gasteiger partial charge in [-0.3, -0.25) is 0 Å². The van der Waals surface area contributed by atoms with Crippen LogP contribution in [0.4, 0.5) is 4.39 Å². The summed E-state index contributed by atoms with van der Waals surface area (Å²) in [6.45, 7) is 3.37. The molecule has 23 heavy (non-hydrogen) atoms. The van der Waals surface area contributed by atoms with Gasteiger partial charge in [-0.15, -0.1) is 5.10 Å². The molecular formula is C15H14FN3O4. The largest absolute Gasteiger partial charge is 0.460 e. The first-order chi connectivity index (χ1) is 10.9. The Hall–Kier alpha value is -2.77. The van der Waals surface area contributed by atoms with Crippen molar-refractivity contribution < 1.29 is 23.5 Å². The van der Waals surface area contributed by atoms with Crippen LogP contribution in [0, 0.1) is 12.7 Å². The Morgan fingerprint density at radius 2 is 2.09 bits per heavy atom. The minimum absolute atomic E-state index is 0.167. The lowest BCUT2D eigenvalue weighted by molar-refractivity contribution is -0.147. The van der Waals surface area contributed by atoms with Crippen molar-refractivity contribution >= 4 is 11.9 Å². The predicted molar refractivity (Wildman–Crippen MR) is 75.4 cm³/mol. The highest BCUT2D eigenvalue weighted by Gasteiger charge is 2.36. The van der Waals surface area contributed by atoms with Gasteiger partial charge in [0.2, 0.25) is 6.10 Å². The summed E-state index contributed by atoms with van der Waals surface area (Å²) in [7, 11) is 0. The Labute approximate surface area is 131 Å². The number of cyclic esters (lactones) is 1. The number of carbonyl (C=O) groups excluding carboxylic acids is 2. The Kier molecular flexibility index (Phi) is 3.81. The zero-order chi connectivity index (χ0) is 16.6. The third-order valence-corrected chi connectivity index (χ3v) is 3.40. The number of hydrogen-bond acceptors (Lipinski definition) is 6. The number of benzene rings is 1. The SMILES string of the molecule is Cc1nc(C(=O)O[C@H]2C[C@H](C)OC2=O)nn1-c1ccc(F)cc1. The molecule has 0 N–H and O–H groups in total. The molecule has 0 unspecified atom stereocenters. The summed E-state index contributed by atoms with van der Waals surface area (Å²) in [4.78, 5) is 27.6. The molecule has 0 spiro atoms. The number of halogens is 1. The van der Waals surface area contributed by atoms with Crippen molar-refractivity contribution in [3.8, 4) is 5.69 Å². The summed E-state index contributed by atoms with van der Waals surface area (Å²) < 4.78 is 24.4. The average molecular weight is 319 g/mol. The van der Waals surface area contributed by atoms with Gasteiger partial charge >= 0.3 is 11.9 Å². The van der Waals surface area contributed by atoms with E-state index in [4.69, 9.17) is 9.47 Å². The highest BCUT2D eigenvalue weighted by Crippen LogP contribution is 2.18. The normalized spacial score (nSPS) is 20.4. The van der Waals surface area contributed by atoms with Crippen molar-refractivity contribution in [2.75, 3.05) is 0 Å². The first-order valence-corrected chi connectivity index (χ1v) is 7.05. The highest BCUT2D eigenvalue weighted by molar-refractivity contribution is 5.88. The van der Waals surface area contributed by atoms with Crippen LogP contribution < -0.4 is 0 Å². The summed E-state index contributed by atoms with van der Waals surface area (Å²) in [6, 6.07) is 5.60. The van der Waals surface area contributed by atoms with Crippen molar-refractivity contribution in [3.05, 3.63) is 41.7 Å². The summed E-state index contributed by atoms with van der Waals surface area (Å²) >= 11 is 0. The number of nitrogens with zero attached hydrogens (tertiary/aromatic N) is 3. The van der Waals surface area contributed by atoms with Gasteiger partial charge in [-0.05, 0) is 38.1 Å². The van der Waals surface area contributed by atoms with Crippen LogP contribution in [0.3, 0.4) is 0 Å². The molecule has 3 rings (SSSR count). The summed E-state index contributed by atoms with van der Waals surface area (Å²) in [6.07, 6.45) is -0.912. The lowest BCUT2D eigenvalue weighted by Gasteiger charge is -2.05. The van der Waals surface area contributed by atoms with Crippen LogP contribution in [0.15, 0.2) is 24.3 Å². The highest BCUT2D eigenvalue weighted by atomic mass is 19.1. The molecule has 2 atom stereocenters. The summed E-state index contributed by atoms with van der Waals surface area (Å²) in [5.74, 6) is -1.48. The third kappa shape index (κ3) is 3.05. The quantitative estimate of drug-likeness (QED) is 0.799. The molecule has 0 aliphatic carbocycles. The van der Waals surface area contributed by atoms with E-state index in [0.29, 0.717) is 17.9 Å². The van der Waals surface area contributed by atoms with Crippen molar-refractivity contribution in [1.29, 1.82) is 0 Å². The van der Waals surface area contributed by atoms with E-state index in [0.717, 1.165) is 0 Å². The Bertz CT molecular complexity index is 757. The molecule has 1 saturated heterocycles. The molecule has 1 aromatic carbocycles. The van der Waals surface area contributed by atoms with Crippen molar-refractivity contribution in [2.45, 2.75) is 32.5 Å². The molecule has 1 aliphatic rings. The summed E-state index contributed by atoms with van der Waals surface area (Å²) in [5, 5.41) is 4.05. The molecule has 8 heteroatoms. The fourth-order valence-corrected chi connectivity index (χ4v) is 2.30. The van der Waals surface area contributed by atoms with Crippen molar-refractivity contribution in [1.82, 2.24) is 14.8 Å². The van der Waals surface area contributed by atoms with Crippen LogP contribution in [0.25, 0.3) is 5.69 Å². The van der Waals surface area contributed by atoms with E-state index in [9.17, 15) is 14.0 Å². The molecule has 120 valence electrons. The van der Waals surface area contributed by atoms with Gasteiger partial charge in [0.25, 0.3) is 5.82 Å². The smallest absolute Gasteiger partial charge is 0.379 e. The van der Waals surface area contributed by atoms with E-state index in [2.05, 4.69) is 10.1 Å². The average Bonchev–Trinajstić information content (AvgIpc) is 3.03. The van der Waals surface area contributed by atoms with Gasteiger partial charge in [0, 0.05) is 6.42 Å². The van der Waals surface area contributed by atoms with Crippen LogP contribution in [0.2, 0.25) is 0 Å². The van der Waals surface area contributed by atoms with E-state index < -0.39 is 18.0 Å². The maximum Gasteiger partial charge on any atom is 0.379 e. The second-order valence-electron chi connectivity index (χ2n) is 5.25. The van der Waals surface area contributed by atoms with E-state index in [-0.39, 0.29) is 17.7 Å². The zero-order valence-electron chi connectivity index (χ0n) is 12.5. The fourth-order valence-electron chi connectivity index (χ4n) is 2.30. The molecular weight excluding hydrogens is 305 g/mol. The number of rotatable bonds is 3. The van der Waals surface area contributed by atoms with Crippen molar-refractivity contribution in [2.24, 2.45) is 0 Å². The number of hydrogen-bond donors (Lipinski definition) is 0. The number of aryl methyl sites for hydroxylation is 1. The molecule has 2 heterocycles. The first-order valence-electron chi connectivity index (χ1n) is 7.05. The number of carbonyl (C=O) groups is 2. The van der Waals surface area contributed by atoms with Gasteiger partial charge in [0.15, 0.2) is 0 Å². The van der Waals surface area contributed by atoms with E-state index in [1.54, 1.807) is 13.8 Å². The van der Waals surface area contributed by atoms with E-state index in [1.165, 1.54) is 28.9 Å². The van der Waals surface area contributed by atoms with Gasteiger partial charge < -0.3 is 9.47 Å². The molecule has 0 saturated carbocycles. The van der Waals surface area contributed by atoms with Gasteiger partial charge in [-0.2, -0.15) is 0 Å². The topological polar surface area (TPSA) is 83.3 Å². The number of ether oxygens (including phenoxy) is 2. The second kappa shape index (κ2) is 5.79. The second-order valence-corrected chi connectivity index (χ2v) is 5.25. The first kappa shape index (κ1) is 15.1. The fraction of sp³-hybridized carbons (Fsp3) is 0.333. The molecule has 1 fully saturated rings. The Morgan fingerprint density at radius 3 is 2.70 bits per heavy atom. The minimum Gasteiger partial charge on any atom is -0.460 e. The van der Waals surface area contributed by atoms with Crippen LogP contribution in [-0.2, 0) is 14.3 Å². The van der Waals surface area contributed by atoms with E-state index in [1.807, 2.05) is 0 Å². The van der Waals surface area contributed by atoms with Crippen LogP contribution >= 0.6 is 0 Å². The van der Waals surface area contributed by atoms with Crippen LogP contribution in [0.5, 0.6) is 0 Å². The van der Waals surface area contributed by atoms with Gasteiger partial charge in [-0.1, -0.05) is 0 Å². The lowest BCUT2D eigenvalue weighted by Crippen LogP contribution is -2.23. The van der Waals surface area contributed by atoms with Gasteiger partial charge in [0.1, 0.15) is 17.7 Å². The Morgan fingerprint density at radius 1 is 1.39 bits per heavy atom. The summed E-state index contributed by atoms with van der Waals surface area (Å²) in [5.41, 5.74) is 0.560. The number of aromatic nitrogens is 3. The van der Waals surface area contributed by atoms with Crippen LogP contribution in [0.1, 0.15) is 29.8 Å². The van der Waals surface area contributed by atoms with Crippen molar-refractivity contribution in [3.63, 3.8) is 0 Å². The predicted octanol–water partition coefficient (Wildman–Crippen LogP) is 1.58. The van der Waals surface area contributed by atoms with E-state index >= 15 is 0 Å². The maximum atomic E-state index is 13.0. The maximum absolute atomic E-state index is 13.0. The molecule has 1 aromatic heterocycles. The third-order valence-electron chi connectivity index (χ3n) is 3.40. The minimum atomic E-state index is -0.935. The number of esters is 2. The molecule has 0 bridgehead atoms. The standard InChI is InChI=1S/C15H14FN3O4/c1-8-7-12(14(20)22-8)23-15(21)13-17-9(2)19(18-13)11-5-3-10(16)4-6-11/h3-6,8,12H,7H2,1-2H3/t8-,12-/m0/s1. The lowest BCUT2D eigenvalue weighted by atomic mass is 10.2. The molecule has 0 amide bonds. The zero-order valence-corrected chi connectivity index (χ0v) is 12.5. The molecule has 7 nitrogen and oxygen atoms in total. The molecule has 2 aromatic rings.